The van der Waals surface area contributed by atoms with Crippen LogP contribution in [0, 0.1) is 0 Å². The maximum absolute atomic E-state index is 12.9. The second-order valence-electron chi connectivity index (χ2n) is 7.02. The average molecular weight is 385 g/mol. The lowest BCUT2D eigenvalue weighted by molar-refractivity contribution is 0.0556. The molecule has 6 N–H and O–H groups in total. The van der Waals surface area contributed by atoms with Crippen molar-refractivity contribution in [2.45, 2.75) is 30.6 Å². The second-order valence-corrected chi connectivity index (χ2v) is 7.02. The highest BCUT2D eigenvalue weighted by Gasteiger charge is 2.62. The Morgan fingerprint density at radius 1 is 1.18 bits per heavy atom. The first-order valence-corrected chi connectivity index (χ1v) is 8.69. The maximum Gasteiger partial charge on any atom is 0.333 e. The van der Waals surface area contributed by atoms with Crippen molar-refractivity contribution in [1.29, 1.82) is 0 Å². The van der Waals surface area contributed by atoms with E-state index in [0.717, 1.165) is 16.5 Å². The van der Waals surface area contributed by atoms with Crippen molar-refractivity contribution in [2.75, 3.05) is 0 Å². The van der Waals surface area contributed by atoms with Gasteiger partial charge in [-0.05, 0) is 25.0 Å². The first-order valence-electron chi connectivity index (χ1n) is 8.69. The fourth-order valence-corrected chi connectivity index (χ4v) is 3.63. The zero-order valence-electron chi connectivity index (χ0n) is 14.6. The van der Waals surface area contributed by atoms with Crippen molar-refractivity contribution < 1.29 is 8.78 Å². The summed E-state index contributed by atoms with van der Waals surface area (Å²) in [5, 5.41) is 14.8. The van der Waals surface area contributed by atoms with Crippen molar-refractivity contribution in [2.24, 2.45) is 21.5 Å². The van der Waals surface area contributed by atoms with Gasteiger partial charge in [0, 0.05) is 17.1 Å². The molecule has 1 aliphatic carbocycles. The molecule has 144 valence electrons. The summed E-state index contributed by atoms with van der Waals surface area (Å²) in [5.41, 5.74) is 13.8. The molecular formula is C17H17F2N9. The fraction of sp³-hybridized carbons (Fsp3) is 0.294. The monoisotopic (exact) mass is 385 g/mol. The number of nitrogens with zero attached hydrogens (tertiary/aromatic N) is 5. The molecule has 0 radical (unpaired) electrons. The van der Waals surface area contributed by atoms with Gasteiger partial charge < -0.3 is 11.1 Å². The number of rotatable bonds is 4. The summed E-state index contributed by atoms with van der Waals surface area (Å²) in [6, 6.07) is 7.18. The van der Waals surface area contributed by atoms with Crippen molar-refractivity contribution in [3.8, 4) is 0 Å². The number of H-pyrrole nitrogens is 1. The summed E-state index contributed by atoms with van der Waals surface area (Å²) < 4.78 is 26.5. The molecule has 0 saturated heterocycles. The van der Waals surface area contributed by atoms with E-state index in [1.165, 1.54) is 12.3 Å². The second kappa shape index (κ2) is 5.58. The number of hydrogen-bond acceptors (Lipinski definition) is 7. The standard InChI is InChI=1S/C17H17F2N9/c18-14(19)28-6-3-12(27-28)16(4-5-16)17(21)24-13(23-15(20)25-17)9-1-2-10-8-22-26-11(10)7-9/h1-3,6-8,14H,4-5,21H2,(H,22,26)(H3,20,23,24,25). The van der Waals surface area contributed by atoms with Gasteiger partial charge in [0.15, 0.2) is 5.96 Å². The Balaban J connectivity index is 1.57. The summed E-state index contributed by atoms with van der Waals surface area (Å²) in [6.07, 6.45) is 4.19. The first-order chi connectivity index (χ1) is 13.4. The molecule has 1 fully saturated rings. The van der Waals surface area contributed by atoms with Gasteiger partial charge in [-0.1, -0.05) is 12.1 Å². The SMILES string of the molecule is NC1=NC(N)(C2(c3ccn(C(F)F)n3)CC2)N=C(c2ccc3cn[nH]c3c2)N1. The van der Waals surface area contributed by atoms with Crippen LogP contribution in [-0.2, 0) is 5.41 Å². The molecular weight excluding hydrogens is 368 g/mol. The van der Waals surface area contributed by atoms with Crippen molar-refractivity contribution in [3.05, 3.63) is 47.9 Å². The first kappa shape index (κ1) is 16.8. The van der Waals surface area contributed by atoms with Gasteiger partial charge in [0.2, 0.25) is 5.79 Å². The van der Waals surface area contributed by atoms with Gasteiger partial charge >= 0.3 is 6.55 Å². The van der Waals surface area contributed by atoms with E-state index in [9.17, 15) is 8.78 Å². The zero-order chi connectivity index (χ0) is 19.5. The molecule has 2 aromatic heterocycles. The number of nitrogens with two attached hydrogens (primary N) is 2. The van der Waals surface area contributed by atoms with Gasteiger partial charge in [0.05, 0.1) is 22.8 Å². The third-order valence-corrected chi connectivity index (χ3v) is 5.29. The van der Waals surface area contributed by atoms with Gasteiger partial charge in [-0.25, -0.2) is 14.7 Å². The quantitative estimate of drug-likeness (QED) is 0.534. The van der Waals surface area contributed by atoms with E-state index in [1.54, 1.807) is 6.20 Å². The molecule has 1 atom stereocenters. The lowest BCUT2D eigenvalue weighted by Gasteiger charge is -2.33. The number of aromatic nitrogens is 4. The van der Waals surface area contributed by atoms with Crippen molar-refractivity contribution in [3.63, 3.8) is 0 Å². The molecule has 5 rings (SSSR count). The number of guanidine groups is 1. The molecule has 9 nitrogen and oxygen atoms in total. The van der Waals surface area contributed by atoms with E-state index < -0.39 is 17.8 Å². The largest absolute Gasteiger partial charge is 0.370 e. The highest BCUT2D eigenvalue weighted by Crippen LogP contribution is 2.56. The topological polar surface area (TPSA) is 135 Å². The minimum Gasteiger partial charge on any atom is -0.370 e. The zero-order valence-corrected chi connectivity index (χ0v) is 14.6. The van der Waals surface area contributed by atoms with Gasteiger partial charge in [-0.15, -0.1) is 0 Å². The molecule has 0 spiro atoms. The summed E-state index contributed by atoms with van der Waals surface area (Å²) in [7, 11) is 0. The lowest BCUT2D eigenvalue weighted by atomic mass is 9.93. The molecule has 1 saturated carbocycles. The highest BCUT2D eigenvalue weighted by molar-refractivity contribution is 6.11. The molecule has 1 aromatic carbocycles. The van der Waals surface area contributed by atoms with E-state index >= 15 is 0 Å². The Morgan fingerprint density at radius 2 is 2.00 bits per heavy atom. The van der Waals surface area contributed by atoms with Gasteiger partial charge in [0.1, 0.15) is 5.84 Å². The predicted octanol–water partition coefficient (Wildman–Crippen LogP) is 1.16. The van der Waals surface area contributed by atoms with Gasteiger partial charge in [-0.3, -0.25) is 10.8 Å². The summed E-state index contributed by atoms with van der Waals surface area (Å²) in [4.78, 5) is 8.96. The fourth-order valence-electron chi connectivity index (χ4n) is 3.63. The number of fused-ring (bicyclic) bond motifs is 1. The average Bonchev–Trinajstić information content (AvgIpc) is 3.12. The number of nitrogens with one attached hydrogen (secondary N) is 2. The van der Waals surface area contributed by atoms with Crippen LogP contribution in [0.1, 0.15) is 30.6 Å². The van der Waals surface area contributed by atoms with E-state index in [-0.39, 0.29) is 5.96 Å². The van der Waals surface area contributed by atoms with Gasteiger partial charge in [0.25, 0.3) is 0 Å². The Hall–Kier alpha value is -3.34. The van der Waals surface area contributed by atoms with E-state index in [1.807, 2.05) is 18.2 Å². The number of halogens is 2. The van der Waals surface area contributed by atoms with Crippen molar-refractivity contribution >= 4 is 22.7 Å². The number of aromatic amines is 1. The van der Waals surface area contributed by atoms with Crippen LogP contribution in [0.3, 0.4) is 0 Å². The minimum atomic E-state index is -2.72. The number of hydrogen-bond donors (Lipinski definition) is 4. The van der Waals surface area contributed by atoms with Crippen molar-refractivity contribution in [1.82, 2.24) is 25.3 Å². The van der Waals surface area contributed by atoms with E-state index in [2.05, 4.69) is 30.6 Å². The molecule has 0 bridgehead atoms. The normalized spacial score (nSPS) is 23.4. The Morgan fingerprint density at radius 3 is 2.71 bits per heavy atom. The summed E-state index contributed by atoms with van der Waals surface area (Å²) in [5.74, 6) is -0.884. The number of benzene rings is 1. The molecule has 11 heteroatoms. The van der Waals surface area contributed by atoms with Crippen LogP contribution >= 0.6 is 0 Å². The van der Waals surface area contributed by atoms with Crippen LogP contribution < -0.4 is 16.8 Å². The number of amidine groups is 1. The Labute approximate surface area is 157 Å². The molecule has 28 heavy (non-hydrogen) atoms. The molecule has 3 heterocycles. The summed E-state index contributed by atoms with van der Waals surface area (Å²) >= 11 is 0. The molecule has 1 aliphatic heterocycles. The maximum atomic E-state index is 12.9. The van der Waals surface area contributed by atoms with E-state index in [0.29, 0.717) is 29.1 Å². The minimum absolute atomic E-state index is 0.108. The molecule has 2 aliphatic rings. The van der Waals surface area contributed by atoms with Crippen LogP contribution in [0.25, 0.3) is 10.9 Å². The molecule has 3 aromatic rings. The van der Waals surface area contributed by atoms with E-state index in [4.69, 9.17) is 11.5 Å². The summed E-state index contributed by atoms with van der Waals surface area (Å²) in [6.45, 7) is -2.72. The van der Waals surface area contributed by atoms with Crippen LogP contribution in [0.15, 0.2) is 46.6 Å². The predicted molar refractivity (Wildman–Crippen MR) is 98.7 cm³/mol. The third kappa shape index (κ3) is 2.39. The Bertz CT molecular complexity index is 1120. The lowest BCUT2D eigenvalue weighted by Crippen LogP contribution is -2.56. The van der Waals surface area contributed by atoms with Crippen LogP contribution in [0.4, 0.5) is 8.78 Å². The highest BCUT2D eigenvalue weighted by atomic mass is 19.3. The van der Waals surface area contributed by atoms with Crippen LogP contribution in [0.2, 0.25) is 0 Å². The number of alkyl halides is 2. The Kier molecular flexibility index (Phi) is 3.35. The van der Waals surface area contributed by atoms with Crippen LogP contribution in [0.5, 0.6) is 0 Å². The molecule has 0 amide bonds. The smallest absolute Gasteiger partial charge is 0.333 e. The third-order valence-electron chi connectivity index (χ3n) is 5.29. The van der Waals surface area contributed by atoms with Gasteiger partial charge in [-0.2, -0.15) is 19.0 Å². The molecule has 1 unspecified atom stereocenters. The number of aliphatic imine (C=N–C) groups is 2. The van der Waals surface area contributed by atoms with Crippen LogP contribution in [-0.4, -0.2) is 37.6 Å².